The predicted octanol–water partition coefficient (Wildman–Crippen LogP) is 4.65. The number of halogens is 3. The molecule has 0 radical (unpaired) electrons. The van der Waals surface area contributed by atoms with Gasteiger partial charge in [-0.3, -0.25) is 14.9 Å². The molecule has 2 aromatic carbocycles. The molecule has 1 atom stereocenters. The van der Waals surface area contributed by atoms with Crippen molar-refractivity contribution in [3.05, 3.63) is 80.9 Å². The lowest BCUT2D eigenvalue weighted by Gasteiger charge is -2.14. The van der Waals surface area contributed by atoms with E-state index >= 15 is 0 Å². The quantitative estimate of drug-likeness (QED) is 0.432. The molecule has 1 unspecified atom stereocenters. The maximum atomic E-state index is 12.6. The normalized spacial score (nSPS) is 12.6. The second kappa shape index (κ2) is 7.46. The van der Waals surface area contributed by atoms with Crippen LogP contribution in [0.5, 0.6) is 0 Å². The number of Topliss-reactive ketones (excluding diaryl/α,β-unsaturated/α-hetero) is 1. The van der Waals surface area contributed by atoms with Crippen molar-refractivity contribution in [2.45, 2.75) is 25.4 Å². The van der Waals surface area contributed by atoms with Crippen LogP contribution in [0.3, 0.4) is 0 Å². The molecule has 0 aliphatic heterocycles. The van der Waals surface area contributed by atoms with Crippen LogP contribution in [0.25, 0.3) is 0 Å². The fourth-order valence-electron chi connectivity index (χ4n) is 2.49. The van der Waals surface area contributed by atoms with Crippen molar-refractivity contribution in [3.63, 3.8) is 0 Å². The number of hydrogen-bond donors (Lipinski definition) is 0. The molecule has 0 N–H and O–H groups in total. The highest BCUT2D eigenvalue weighted by atomic mass is 19.4. The SMILES string of the molecule is Cc1ccc(C(=O)CC(C[N+](=O)[O-])c2ccc(C(F)(F)F)cc2)cc1. The second-order valence-electron chi connectivity index (χ2n) is 5.83. The second-order valence-corrected chi connectivity index (χ2v) is 5.83. The van der Waals surface area contributed by atoms with Gasteiger partial charge in [0.2, 0.25) is 6.54 Å². The third-order valence-electron chi connectivity index (χ3n) is 3.88. The number of carbonyl (C=O) groups is 1. The van der Waals surface area contributed by atoms with E-state index in [1.807, 2.05) is 6.92 Å². The van der Waals surface area contributed by atoms with E-state index < -0.39 is 29.1 Å². The van der Waals surface area contributed by atoms with E-state index in [2.05, 4.69) is 0 Å². The molecule has 0 heterocycles. The van der Waals surface area contributed by atoms with Crippen LogP contribution in [0.15, 0.2) is 48.5 Å². The molecule has 0 bridgehead atoms. The fourth-order valence-corrected chi connectivity index (χ4v) is 2.49. The number of hydrogen-bond acceptors (Lipinski definition) is 3. The predicted molar refractivity (Wildman–Crippen MR) is 86.2 cm³/mol. The van der Waals surface area contributed by atoms with Crippen LogP contribution < -0.4 is 0 Å². The van der Waals surface area contributed by atoms with Crippen LogP contribution in [-0.4, -0.2) is 17.3 Å². The van der Waals surface area contributed by atoms with E-state index in [1.165, 1.54) is 12.1 Å². The molecule has 7 heteroatoms. The summed E-state index contributed by atoms with van der Waals surface area (Å²) in [5, 5.41) is 10.9. The van der Waals surface area contributed by atoms with Crippen molar-refractivity contribution < 1.29 is 22.9 Å². The van der Waals surface area contributed by atoms with Gasteiger partial charge in [-0.05, 0) is 24.6 Å². The van der Waals surface area contributed by atoms with Gasteiger partial charge in [0.25, 0.3) is 0 Å². The van der Waals surface area contributed by atoms with Crippen molar-refractivity contribution >= 4 is 5.78 Å². The summed E-state index contributed by atoms with van der Waals surface area (Å²) in [6.45, 7) is 1.34. The molecule has 25 heavy (non-hydrogen) atoms. The minimum atomic E-state index is -4.48. The van der Waals surface area contributed by atoms with E-state index in [4.69, 9.17) is 0 Å². The van der Waals surface area contributed by atoms with Gasteiger partial charge in [0.1, 0.15) is 0 Å². The zero-order chi connectivity index (χ0) is 18.6. The highest BCUT2D eigenvalue weighted by molar-refractivity contribution is 5.96. The molecule has 0 spiro atoms. The molecular weight excluding hydrogens is 335 g/mol. The minimum Gasteiger partial charge on any atom is -0.294 e. The molecular formula is C18H16F3NO3. The molecule has 2 rings (SSSR count). The van der Waals surface area contributed by atoms with Crippen LogP contribution in [0.1, 0.15) is 39.4 Å². The Morgan fingerprint density at radius 1 is 1.08 bits per heavy atom. The fraction of sp³-hybridized carbons (Fsp3) is 0.278. The van der Waals surface area contributed by atoms with Crippen molar-refractivity contribution in [1.82, 2.24) is 0 Å². The molecule has 4 nitrogen and oxygen atoms in total. The largest absolute Gasteiger partial charge is 0.416 e. The average molecular weight is 351 g/mol. The van der Waals surface area contributed by atoms with Crippen molar-refractivity contribution in [3.8, 4) is 0 Å². The number of nitrogens with zero attached hydrogens (tertiary/aromatic N) is 1. The number of nitro groups is 1. The molecule has 0 aliphatic rings. The number of benzene rings is 2. The lowest BCUT2D eigenvalue weighted by Crippen LogP contribution is -2.17. The zero-order valence-electron chi connectivity index (χ0n) is 13.4. The van der Waals surface area contributed by atoms with Gasteiger partial charge in [-0.2, -0.15) is 13.2 Å². The van der Waals surface area contributed by atoms with Crippen LogP contribution in [0, 0.1) is 17.0 Å². The Morgan fingerprint density at radius 3 is 2.12 bits per heavy atom. The summed E-state index contributed by atoms with van der Waals surface area (Å²) in [6, 6.07) is 10.9. The number of aryl methyl sites for hydroxylation is 1. The van der Waals surface area contributed by atoms with Gasteiger partial charge in [-0.25, -0.2) is 0 Å². The smallest absolute Gasteiger partial charge is 0.294 e. The number of carbonyl (C=O) groups excluding carboxylic acids is 1. The third kappa shape index (κ3) is 5.14. The Labute approximate surface area is 142 Å². The van der Waals surface area contributed by atoms with Crippen LogP contribution in [-0.2, 0) is 6.18 Å². The Kier molecular flexibility index (Phi) is 5.56. The lowest BCUT2D eigenvalue weighted by molar-refractivity contribution is -0.483. The van der Waals surface area contributed by atoms with Crippen LogP contribution in [0.4, 0.5) is 13.2 Å². The first-order valence-electron chi connectivity index (χ1n) is 7.55. The lowest BCUT2D eigenvalue weighted by atomic mass is 9.91. The van der Waals surface area contributed by atoms with Crippen LogP contribution >= 0.6 is 0 Å². The van der Waals surface area contributed by atoms with Gasteiger partial charge < -0.3 is 0 Å². The van der Waals surface area contributed by atoms with Gasteiger partial charge >= 0.3 is 6.18 Å². The maximum absolute atomic E-state index is 12.6. The Morgan fingerprint density at radius 2 is 1.64 bits per heavy atom. The first-order chi connectivity index (χ1) is 11.7. The van der Waals surface area contributed by atoms with Crippen LogP contribution in [0.2, 0.25) is 0 Å². The topological polar surface area (TPSA) is 60.2 Å². The van der Waals surface area contributed by atoms with Crippen molar-refractivity contribution in [2.75, 3.05) is 6.54 Å². The van der Waals surface area contributed by atoms with E-state index in [-0.39, 0.29) is 12.2 Å². The molecule has 0 amide bonds. The number of rotatable bonds is 6. The molecule has 0 fully saturated rings. The van der Waals surface area contributed by atoms with E-state index in [0.717, 1.165) is 17.7 Å². The Balaban J connectivity index is 2.22. The Bertz CT molecular complexity index is 753. The van der Waals surface area contributed by atoms with Gasteiger partial charge in [-0.15, -0.1) is 0 Å². The van der Waals surface area contributed by atoms with E-state index in [9.17, 15) is 28.1 Å². The first-order valence-corrected chi connectivity index (χ1v) is 7.55. The number of alkyl halides is 3. The molecule has 132 valence electrons. The molecule has 0 saturated carbocycles. The molecule has 0 aliphatic carbocycles. The first kappa shape index (κ1) is 18.6. The minimum absolute atomic E-state index is 0.143. The maximum Gasteiger partial charge on any atom is 0.416 e. The average Bonchev–Trinajstić information content (AvgIpc) is 2.53. The summed E-state index contributed by atoms with van der Waals surface area (Å²) in [5.74, 6) is -1.07. The van der Waals surface area contributed by atoms with Gasteiger partial charge in [0.05, 0.1) is 11.5 Å². The van der Waals surface area contributed by atoms with Gasteiger partial charge in [-0.1, -0.05) is 42.0 Å². The summed E-state index contributed by atoms with van der Waals surface area (Å²) >= 11 is 0. The van der Waals surface area contributed by atoms with Crippen molar-refractivity contribution in [2.24, 2.45) is 0 Å². The zero-order valence-corrected chi connectivity index (χ0v) is 13.4. The Hall–Kier alpha value is -2.70. The molecule has 0 saturated heterocycles. The summed E-state index contributed by atoms with van der Waals surface area (Å²) < 4.78 is 37.9. The summed E-state index contributed by atoms with van der Waals surface area (Å²) in [4.78, 5) is 22.7. The molecule has 0 aromatic heterocycles. The summed E-state index contributed by atoms with van der Waals surface area (Å²) in [6.07, 6.45) is -4.62. The number of ketones is 1. The standard InChI is InChI=1S/C18H16F3NO3/c1-12-2-4-14(5-3-12)17(23)10-15(11-22(24)25)13-6-8-16(9-7-13)18(19,20)21/h2-9,15H,10-11H2,1H3. The van der Waals surface area contributed by atoms with Gasteiger partial charge in [0.15, 0.2) is 5.78 Å². The summed E-state index contributed by atoms with van der Waals surface area (Å²) in [5.41, 5.74) is 0.901. The monoisotopic (exact) mass is 351 g/mol. The van der Waals surface area contributed by atoms with E-state index in [1.54, 1.807) is 24.3 Å². The van der Waals surface area contributed by atoms with E-state index in [0.29, 0.717) is 11.1 Å². The third-order valence-corrected chi connectivity index (χ3v) is 3.88. The molecule has 2 aromatic rings. The highest BCUT2D eigenvalue weighted by Gasteiger charge is 2.31. The van der Waals surface area contributed by atoms with Crippen molar-refractivity contribution in [1.29, 1.82) is 0 Å². The highest BCUT2D eigenvalue weighted by Crippen LogP contribution is 2.31. The van der Waals surface area contributed by atoms with Gasteiger partial charge in [0, 0.05) is 16.9 Å². The summed E-state index contributed by atoms with van der Waals surface area (Å²) in [7, 11) is 0.